The number of aromatic nitrogens is 4. The zero-order chi connectivity index (χ0) is 38.0. The van der Waals surface area contributed by atoms with Gasteiger partial charge in [-0.15, -0.1) is 0 Å². The van der Waals surface area contributed by atoms with E-state index in [1.165, 1.54) is 24.8 Å². The Kier molecular flexibility index (Phi) is 13.5. The molecule has 4 aromatic rings. The maximum atomic E-state index is 12.2. The summed E-state index contributed by atoms with van der Waals surface area (Å²) in [5.41, 5.74) is 12.9. The predicted molar refractivity (Wildman–Crippen MR) is 218 cm³/mol. The quantitative estimate of drug-likeness (QED) is 0.0319. The first-order valence-electron chi connectivity index (χ1n) is 20.2. The van der Waals surface area contributed by atoms with Crippen molar-refractivity contribution in [1.29, 1.82) is 0 Å². The summed E-state index contributed by atoms with van der Waals surface area (Å²) in [6.45, 7) is 6.65. The molecular formula is C45H57N5O4. The van der Waals surface area contributed by atoms with Crippen molar-refractivity contribution in [2.24, 2.45) is 0 Å². The van der Waals surface area contributed by atoms with E-state index in [1.54, 1.807) is 29.7 Å². The van der Waals surface area contributed by atoms with Crippen LogP contribution in [0.5, 0.6) is 0 Å². The smallest absolute Gasteiger partial charge is 0.274 e. The normalized spacial score (nSPS) is 15.2. The maximum absolute atomic E-state index is 12.2. The first-order valence-corrected chi connectivity index (χ1v) is 20.2. The molecule has 0 fully saturated rings. The zero-order valence-corrected chi connectivity index (χ0v) is 32.2. The highest BCUT2D eigenvalue weighted by molar-refractivity contribution is 5.94. The van der Waals surface area contributed by atoms with Gasteiger partial charge in [-0.05, 0) is 98.2 Å². The Morgan fingerprint density at radius 3 is 1.57 bits per heavy atom. The number of aromatic amines is 2. The molecule has 2 unspecified atom stereocenters. The van der Waals surface area contributed by atoms with E-state index < -0.39 is 18.1 Å². The molecule has 0 saturated carbocycles. The van der Waals surface area contributed by atoms with Gasteiger partial charge in [-0.2, -0.15) is 0 Å². The van der Waals surface area contributed by atoms with Gasteiger partial charge in [0.05, 0.1) is 22.8 Å². The number of aliphatic hydroxyl groups is 2. The van der Waals surface area contributed by atoms with Gasteiger partial charge >= 0.3 is 0 Å². The molecule has 5 heterocycles. The fourth-order valence-electron chi connectivity index (χ4n) is 7.86. The summed E-state index contributed by atoms with van der Waals surface area (Å²) >= 11 is 0. The Hall–Kier alpha value is -4.57. The molecule has 2 aliphatic rings. The summed E-state index contributed by atoms with van der Waals surface area (Å²) in [5, 5.41) is 32.9. The summed E-state index contributed by atoms with van der Waals surface area (Å²) < 4.78 is 0. The van der Waals surface area contributed by atoms with Crippen LogP contribution in [-0.4, -0.2) is 41.3 Å². The maximum Gasteiger partial charge on any atom is 0.274 e. The fraction of sp³-hybridized carbons (Fsp3) is 0.444. The Balaban J connectivity index is 1.68. The topological polar surface area (TPSA) is 147 Å². The zero-order valence-electron chi connectivity index (χ0n) is 32.2. The van der Waals surface area contributed by atoms with E-state index in [9.17, 15) is 20.2 Å². The molecule has 0 aliphatic carbocycles. The molecule has 2 atom stereocenters. The lowest BCUT2D eigenvalue weighted by atomic mass is 9.97. The Morgan fingerprint density at radius 2 is 1.06 bits per heavy atom. The van der Waals surface area contributed by atoms with Crippen LogP contribution in [0.2, 0.25) is 0 Å². The van der Waals surface area contributed by atoms with Gasteiger partial charge in [0, 0.05) is 44.3 Å². The highest BCUT2D eigenvalue weighted by atomic mass is 16.5. The summed E-state index contributed by atoms with van der Waals surface area (Å²) in [4.78, 5) is 30.1. The van der Waals surface area contributed by atoms with Crippen molar-refractivity contribution in [3.05, 3.63) is 93.6 Å². The molecule has 1 amide bonds. The van der Waals surface area contributed by atoms with E-state index in [0.29, 0.717) is 28.9 Å². The van der Waals surface area contributed by atoms with Crippen LogP contribution in [0.15, 0.2) is 48.5 Å². The fourth-order valence-corrected chi connectivity index (χ4v) is 7.86. The molecule has 3 aromatic heterocycles. The molecule has 0 saturated heterocycles. The molecule has 286 valence electrons. The molecule has 8 bridgehead atoms. The number of rotatable bonds is 17. The number of aliphatic hydroxyl groups excluding tert-OH is 2. The number of amides is 1. The van der Waals surface area contributed by atoms with Crippen LogP contribution < -0.4 is 5.48 Å². The van der Waals surface area contributed by atoms with Gasteiger partial charge in [0.2, 0.25) is 0 Å². The number of unbranched alkanes of at least 4 members (excludes halogenated alkanes) is 9. The summed E-state index contributed by atoms with van der Waals surface area (Å²) in [6, 6.07) is 15.1. The van der Waals surface area contributed by atoms with Crippen molar-refractivity contribution in [2.45, 2.75) is 129 Å². The number of nitrogens with one attached hydrogen (secondary N) is 3. The van der Waals surface area contributed by atoms with E-state index in [2.05, 4.69) is 61.1 Å². The van der Waals surface area contributed by atoms with Crippen LogP contribution in [0.25, 0.3) is 45.3 Å². The lowest BCUT2D eigenvalue weighted by molar-refractivity contribution is 0.0252. The monoisotopic (exact) mass is 731 g/mol. The molecule has 0 spiro atoms. The molecule has 0 radical (unpaired) electrons. The minimum atomic E-state index is -1.28. The van der Waals surface area contributed by atoms with Crippen molar-refractivity contribution in [3.63, 3.8) is 0 Å². The van der Waals surface area contributed by atoms with Crippen molar-refractivity contribution in [2.75, 3.05) is 0 Å². The summed E-state index contributed by atoms with van der Waals surface area (Å²) in [5.74, 6) is -0.617. The number of fused-ring (bicyclic) bond motifs is 8. The standard InChI is InChI=1S/C45H57N5O4/c1-4-7-10-13-16-31-34-23-24-35(46-34)32(17-14-11-8-5-2)37-27-28-39(48-37)40(29-19-21-30(22-20-29)45(53)50-54)42-44(52)43(51)41(49-42)33(18-15-12-9-6-3)38-26-25-36(31)47-38/h19-28,43-44,47-48,51-52,54H,4-18H2,1-3H3,(H,50,53). The molecule has 1 aromatic carbocycles. The van der Waals surface area contributed by atoms with Crippen molar-refractivity contribution in [1.82, 2.24) is 25.4 Å². The largest absolute Gasteiger partial charge is 0.384 e. The number of H-pyrrole nitrogens is 2. The number of benzene rings is 1. The highest BCUT2D eigenvalue weighted by Gasteiger charge is 2.34. The van der Waals surface area contributed by atoms with Crippen LogP contribution >= 0.6 is 0 Å². The number of hydrogen-bond donors (Lipinski definition) is 6. The number of nitrogens with zero attached hydrogens (tertiary/aromatic N) is 2. The van der Waals surface area contributed by atoms with Crippen molar-refractivity contribution < 1.29 is 20.2 Å². The summed E-state index contributed by atoms with van der Waals surface area (Å²) in [6.07, 6.45) is 17.6. The van der Waals surface area contributed by atoms with Gasteiger partial charge in [0.1, 0.15) is 12.2 Å². The van der Waals surface area contributed by atoms with E-state index in [0.717, 1.165) is 115 Å². The van der Waals surface area contributed by atoms with Crippen LogP contribution in [0.1, 0.15) is 160 Å². The molecular weight excluding hydrogens is 675 g/mol. The second-order valence-electron chi connectivity index (χ2n) is 14.8. The average molecular weight is 732 g/mol. The van der Waals surface area contributed by atoms with E-state index in [-0.39, 0.29) is 5.56 Å². The van der Waals surface area contributed by atoms with Gasteiger partial charge in [-0.1, -0.05) is 90.7 Å². The van der Waals surface area contributed by atoms with Crippen LogP contribution in [0.3, 0.4) is 0 Å². The third-order valence-corrected chi connectivity index (χ3v) is 10.9. The number of hydroxylamine groups is 1. The van der Waals surface area contributed by atoms with Crippen LogP contribution in [0.4, 0.5) is 0 Å². The first kappa shape index (κ1) is 39.1. The number of carbonyl (C=O) groups is 1. The van der Waals surface area contributed by atoms with Crippen molar-refractivity contribution in [3.8, 4) is 11.1 Å². The molecule has 54 heavy (non-hydrogen) atoms. The summed E-state index contributed by atoms with van der Waals surface area (Å²) in [7, 11) is 0. The molecule has 9 heteroatoms. The first-order chi connectivity index (χ1) is 26.4. The molecule has 9 nitrogen and oxygen atoms in total. The number of aryl methyl sites for hydroxylation is 3. The lowest BCUT2D eigenvalue weighted by Crippen LogP contribution is -2.18. The Labute approximate surface area is 319 Å². The minimum absolute atomic E-state index is 0.288. The van der Waals surface area contributed by atoms with Gasteiger partial charge in [-0.3, -0.25) is 15.0 Å². The third-order valence-electron chi connectivity index (χ3n) is 10.9. The number of carbonyl (C=O) groups excluding carboxylic acids is 1. The van der Waals surface area contributed by atoms with Gasteiger partial charge < -0.3 is 20.2 Å². The molecule has 2 aliphatic heterocycles. The third kappa shape index (κ3) is 8.70. The van der Waals surface area contributed by atoms with Gasteiger partial charge in [0.15, 0.2) is 0 Å². The minimum Gasteiger partial charge on any atom is -0.384 e. The Bertz CT molecular complexity index is 2100. The van der Waals surface area contributed by atoms with Gasteiger partial charge in [0.25, 0.3) is 5.91 Å². The molecule has 6 N–H and O–H groups in total. The average Bonchev–Trinajstić information content (AvgIpc) is 4.02. The SMILES string of the molecule is CCCCCCc1c2nc(c(CCCCCC)c3ccc([nH]3)c(-c3ccc(C(=O)NO)cc3)c3nc(c(CCCCCC)c4ccc1[nH]4)C(O)C3O)C=C2. The van der Waals surface area contributed by atoms with Gasteiger partial charge in [-0.25, -0.2) is 10.5 Å². The van der Waals surface area contributed by atoms with E-state index in [4.69, 9.17) is 9.97 Å². The second kappa shape index (κ2) is 18.7. The van der Waals surface area contributed by atoms with Crippen LogP contribution in [0, 0.1) is 0 Å². The van der Waals surface area contributed by atoms with E-state index >= 15 is 0 Å². The second-order valence-corrected chi connectivity index (χ2v) is 14.8. The lowest BCUT2D eigenvalue weighted by Gasteiger charge is -2.13. The predicted octanol–water partition coefficient (Wildman–Crippen LogP) is 10.4. The Morgan fingerprint density at radius 1 is 0.593 bits per heavy atom. The highest BCUT2D eigenvalue weighted by Crippen LogP contribution is 2.41. The number of hydrogen-bond acceptors (Lipinski definition) is 6. The van der Waals surface area contributed by atoms with Crippen molar-refractivity contribution >= 4 is 40.1 Å². The van der Waals surface area contributed by atoms with E-state index in [1.807, 2.05) is 6.07 Å². The molecule has 6 rings (SSSR count). The van der Waals surface area contributed by atoms with Crippen LogP contribution in [-0.2, 0) is 19.3 Å².